The summed E-state index contributed by atoms with van der Waals surface area (Å²) in [5, 5.41) is 19.1. The second-order valence-corrected chi connectivity index (χ2v) is 4.51. The average molecular weight is 225 g/mol. The molecule has 0 aliphatic heterocycles. The van der Waals surface area contributed by atoms with Crippen LogP contribution in [0, 0.1) is 5.82 Å². The average Bonchev–Trinajstić information content (AvgIpc) is 2.73. The lowest BCUT2D eigenvalue weighted by Crippen LogP contribution is -2.32. The van der Waals surface area contributed by atoms with Crippen LogP contribution in [-0.4, -0.2) is 16.8 Å². The number of rotatable bonds is 2. The van der Waals surface area contributed by atoms with E-state index in [2.05, 4.69) is 0 Å². The molecule has 4 heteroatoms. The van der Waals surface area contributed by atoms with Gasteiger partial charge in [0.25, 0.3) is 0 Å². The molecule has 0 saturated heterocycles. The summed E-state index contributed by atoms with van der Waals surface area (Å²) >= 11 is 0. The number of aromatic hydroxyl groups is 2. The highest BCUT2D eigenvalue weighted by molar-refractivity contribution is 5.45. The van der Waals surface area contributed by atoms with Gasteiger partial charge in [-0.3, -0.25) is 0 Å². The molecular formula is C12H16FNO2. The first-order chi connectivity index (χ1) is 7.59. The van der Waals surface area contributed by atoms with Crippen molar-refractivity contribution in [1.29, 1.82) is 0 Å². The molecule has 88 valence electrons. The molecule has 2 rings (SSSR count). The first-order valence-electron chi connectivity index (χ1n) is 5.51. The molecule has 4 N–H and O–H groups in total. The number of benzene rings is 1. The number of hydrogen-bond donors (Lipinski definition) is 3. The minimum absolute atomic E-state index is 0.109. The Hall–Kier alpha value is -1.29. The molecule has 1 aromatic carbocycles. The second kappa shape index (κ2) is 3.94. The number of phenolic OH excluding ortho intramolecular Hbond substituents is 2. The second-order valence-electron chi connectivity index (χ2n) is 4.51. The minimum atomic E-state index is -0.800. The Morgan fingerprint density at radius 1 is 1.19 bits per heavy atom. The highest BCUT2D eigenvalue weighted by Crippen LogP contribution is 2.45. The van der Waals surface area contributed by atoms with Crippen LogP contribution >= 0.6 is 0 Å². The molecule has 1 aromatic rings. The van der Waals surface area contributed by atoms with Crippen molar-refractivity contribution in [2.45, 2.75) is 31.1 Å². The monoisotopic (exact) mass is 225 g/mol. The van der Waals surface area contributed by atoms with Crippen LogP contribution in [0.15, 0.2) is 12.1 Å². The maximum absolute atomic E-state index is 13.0. The third-order valence-corrected chi connectivity index (χ3v) is 3.59. The van der Waals surface area contributed by atoms with Crippen LogP contribution < -0.4 is 5.73 Å². The first kappa shape index (κ1) is 11.2. The van der Waals surface area contributed by atoms with Gasteiger partial charge in [0.05, 0.1) is 0 Å². The van der Waals surface area contributed by atoms with Crippen LogP contribution in [0.25, 0.3) is 0 Å². The molecule has 3 nitrogen and oxygen atoms in total. The Labute approximate surface area is 93.7 Å². The van der Waals surface area contributed by atoms with Crippen LogP contribution in [0.5, 0.6) is 11.5 Å². The summed E-state index contributed by atoms with van der Waals surface area (Å²) in [6, 6.07) is 2.27. The Kier molecular flexibility index (Phi) is 2.76. The van der Waals surface area contributed by atoms with Gasteiger partial charge in [0.15, 0.2) is 11.6 Å². The van der Waals surface area contributed by atoms with Crippen molar-refractivity contribution < 1.29 is 14.6 Å². The summed E-state index contributed by atoms with van der Waals surface area (Å²) in [6.45, 7) is 0.408. The van der Waals surface area contributed by atoms with Gasteiger partial charge in [-0.15, -0.1) is 0 Å². The molecule has 0 amide bonds. The molecule has 0 atom stereocenters. The predicted molar refractivity (Wildman–Crippen MR) is 58.9 cm³/mol. The van der Waals surface area contributed by atoms with E-state index in [-0.39, 0.29) is 11.2 Å². The highest BCUT2D eigenvalue weighted by atomic mass is 19.1. The van der Waals surface area contributed by atoms with E-state index >= 15 is 0 Å². The Balaban J connectivity index is 2.50. The Bertz CT molecular complexity index is 400. The maximum atomic E-state index is 13.0. The molecular weight excluding hydrogens is 209 g/mol. The summed E-state index contributed by atoms with van der Waals surface area (Å²) in [4.78, 5) is 0. The zero-order chi connectivity index (χ0) is 11.8. The van der Waals surface area contributed by atoms with Crippen molar-refractivity contribution in [3.63, 3.8) is 0 Å². The zero-order valence-corrected chi connectivity index (χ0v) is 9.04. The summed E-state index contributed by atoms with van der Waals surface area (Å²) < 4.78 is 13.0. The van der Waals surface area contributed by atoms with Crippen molar-refractivity contribution in [1.82, 2.24) is 0 Å². The van der Waals surface area contributed by atoms with E-state index in [9.17, 15) is 14.6 Å². The lowest BCUT2D eigenvalue weighted by molar-refractivity contribution is 0.386. The van der Waals surface area contributed by atoms with Gasteiger partial charge >= 0.3 is 0 Å². The maximum Gasteiger partial charge on any atom is 0.168 e. The van der Waals surface area contributed by atoms with Gasteiger partial charge < -0.3 is 15.9 Å². The van der Waals surface area contributed by atoms with Gasteiger partial charge in [-0.25, -0.2) is 4.39 Å². The van der Waals surface area contributed by atoms with Crippen molar-refractivity contribution in [2.75, 3.05) is 6.54 Å². The van der Waals surface area contributed by atoms with Gasteiger partial charge in [-0.2, -0.15) is 0 Å². The Morgan fingerprint density at radius 2 is 1.81 bits per heavy atom. The molecule has 1 aliphatic rings. The molecule has 1 saturated carbocycles. The van der Waals surface area contributed by atoms with Crippen molar-refractivity contribution in [2.24, 2.45) is 5.73 Å². The van der Waals surface area contributed by atoms with E-state index in [1.54, 1.807) is 0 Å². The molecule has 0 bridgehead atoms. The molecule has 0 spiro atoms. The molecule has 0 heterocycles. The van der Waals surface area contributed by atoms with Crippen LogP contribution in [0.2, 0.25) is 0 Å². The quantitative estimate of drug-likeness (QED) is 0.674. The fraction of sp³-hybridized carbons (Fsp3) is 0.500. The molecule has 0 radical (unpaired) electrons. The third-order valence-electron chi connectivity index (χ3n) is 3.59. The lowest BCUT2D eigenvalue weighted by Gasteiger charge is -2.28. The van der Waals surface area contributed by atoms with E-state index in [0.717, 1.165) is 31.7 Å². The first-order valence-corrected chi connectivity index (χ1v) is 5.51. The van der Waals surface area contributed by atoms with E-state index in [1.807, 2.05) is 0 Å². The number of nitrogens with two attached hydrogens (primary N) is 1. The van der Waals surface area contributed by atoms with E-state index in [4.69, 9.17) is 5.73 Å². The van der Waals surface area contributed by atoms with Crippen molar-refractivity contribution in [3.8, 4) is 11.5 Å². The van der Waals surface area contributed by atoms with Crippen molar-refractivity contribution in [3.05, 3.63) is 23.5 Å². The summed E-state index contributed by atoms with van der Waals surface area (Å²) in [5.41, 5.74) is 6.05. The van der Waals surface area contributed by atoms with E-state index < -0.39 is 11.6 Å². The topological polar surface area (TPSA) is 66.5 Å². The fourth-order valence-corrected chi connectivity index (χ4v) is 2.61. The van der Waals surface area contributed by atoms with Gasteiger partial charge in [0.1, 0.15) is 5.75 Å². The van der Waals surface area contributed by atoms with Gasteiger partial charge in [-0.05, 0) is 18.9 Å². The molecule has 1 fully saturated rings. The van der Waals surface area contributed by atoms with Gasteiger partial charge in [0, 0.05) is 23.6 Å². The smallest absolute Gasteiger partial charge is 0.168 e. The summed E-state index contributed by atoms with van der Waals surface area (Å²) in [7, 11) is 0. The number of phenols is 2. The largest absolute Gasteiger partial charge is 0.508 e. The molecule has 1 aliphatic carbocycles. The molecule has 0 aromatic heterocycles. The number of hydrogen-bond acceptors (Lipinski definition) is 3. The summed E-state index contributed by atoms with van der Waals surface area (Å²) in [6.07, 6.45) is 3.85. The number of halogens is 1. The molecule has 0 unspecified atom stereocenters. The van der Waals surface area contributed by atoms with E-state index in [0.29, 0.717) is 12.1 Å². The van der Waals surface area contributed by atoms with E-state index in [1.165, 1.54) is 6.07 Å². The Morgan fingerprint density at radius 3 is 2.38 bits per heavy atom. The minimum Gasteiger partial charge on any atom is -0.508 e. The van der Waals surface area contributed by atoms with Crippen LogP contribution in [-0.2, 0) is 5.41 Å². The van der Waals surface area contributed by atoms with Crippen LogP contribution in [0.3, 0.4) is 0 Å². The summed E-state index contributed by atoms with van der Waals surface area (Å²) in [5.74, 6) is -1.33. The normalized spacial score (nSPS) is 18.9. The predicted octanol–water partition coefficient (Wildman–Crippen LogP) is 2.01. The third kappa shape index (κ3) is 1.63. The van der Waals surface area contributed by atoms with Crippen LogP contribution in [0.4, 0.5) is 4.39 Å². The zero-order valence-electron chi connectivity index (χ0n) is 9.04. The van der Waals surface area contributed by atoms with Gasteiger partial charge in [0.2, 0.25) is 0 Å². The lowest BCUT2D eigenvalue weighted by atomic mass is 9.78. The van der Waals surface area contributed by atoms with Crippen molar-refractivity contribution >= 4 is 0 Å². The highest BCUT2D eigenvalue weighted by Gasteiger charge is 2.36. The molecule has 16 heavy (non-hydrogen) atoms. The fourth-order valence-electron chi connectivity index (χ4n) is 2.61. The van der Waals surface area contributed by atoms with Crippen LogP contribution in [0.1, 0.15) is 31.2 Å². The standard InChI is InChI=1S/C12H16FNO2/c13-9-6-10(15)8(5-11(9)16)12(7-14)3-1-2-4-12/h5-6,15-16H,1-4,7,14H2. The van der Waals surface area contributed by atoms with Gasteiger partial charge in [-0.1, -0.05) is 12.8 Å². The SMILES string of the molecule is NCC1(c2cc(O)c(F)cc2O)CCCC1.